The van der Waals surface area contributed by atoms with Gasteiger partial charge in [0, 0.05) is 5.41 Å². The van der Waals surface area contributed by atoms with Gasteiger partial charge in [-0.05, 0) is 52.7 Å². The minimum atomic E-state index is -0.877. The van der Waals surface area contributed by atoms with E-state index < -0.39 is 11.2 Å². The zero-order chi connectivity index (χ0) is 16.1. The van der Waals surface area contributed by atoms with E-state index in [1.165, 1.54) is 22.3 Å². The Hall–Kier alpha value is -1.12. The molecule has 116 valence electrons. The van der Waals surface area contributed by atoms with Gasteiger partial charge in [-0.1, -0.05) is 48.3 Å². The molecule has 2 N–H and O–H groups in total. The smallest absolute Gasteiger partial charge is 0.0986 e. The zero-order valence-electron chi connectivity index (χ0n) is 14.1. The Kier molecular flexibility index (Phi) is 3.84. The van der Waals surface area contributed by atoms with Gasteiger partial charge in [0.05, 0.1) is 11.2 Å². The molecule has 0 saturated heterocycles. The van der Waals surface area contributed by atoms with E-state index >= 15 is 0 Å². The molecule has 2 rings (SSSR count). The first-order chi connectivity index (χ1) is 9.41. The summed E-state index contributed by atoms with van der Waals surface area (Å²) in [4.78, 5) is 0. The summed E-state index contributed by atoms with van der Waals surface area (Å²) in [6.07, 6.45) is 9.55. The first-order valence-electron chi connectivity index (χ1n) is 7.67. The van der Waals surface area contributed by atoms with E-state index in [-0.39, 0.29) is 5.41 Å². The van der Waals surface area contributed by atoms with Crippen LogP contribution in [0.5, 0.6) is 0 Å². The monoisotopic (exact) mass is 288 g/mol. The van der Waals surface area contributed by atoms with Gasteiger partial charge in [-0.3, -0.25) is 0 Å². The van der Waals surface area contributed by atoms with Gasteiger partial charge in [0.1, 0.15) is 0 Å². The van der Waals surface area contributed by atoms with Gasteiger partial charge in [0.25, 0.3) is 0 Å². The maximum Gasteiger partial charge on any atom is 0.0986 e. The number of rotatable bonds is 2. The molecule has 2 unspecified atom stereocenters. The van der Waals surface area contributed by atoms with E-state index in [0.29, 0.717) is 0 Å². The van der Waals surface area contributed by atoms with Crippen molar-refractivity contribution in [1.82, 2.24) is 0 Å². The maximum absolute atomic E-state index is 10.4. The van der Waals surface area contributed by atoms with Crippen molar-refractivity contribution < 1.29 is 10.2 Å². The molecule has 0 saturated carbocycles. The average molecular weight is 288 g/mol. The van der Waals surface area contributed by atoms with Crippen LogP contribution in [0.1, 0.15) is 54.4 Å². The summed E-state index contributed by atoms with van der Waals surface area (Å²) in [5.74, 6) is 0. The van der Waals surface area contributed by atoms with Crippen molar-refractivity contribution in [1.29, 1.82) is 0 Å². The van der Waals surface area contributed by atoms with Crippen molar-refractivity contribution in [2.24, 2.45) is 5.41 Å². The number of hydrogen-bond donors (Lipinski definition) is 2. The van der Waals surface area contributed by atoms with Crippen LogP contribution in [0.25, 0.3) is 0 Å². The van der Waals surface area contributed by atoms with Gasteiger partial charge >= 0.3 is 0 Å². The lowest BCUT2D eigenvalue weighted by atomic mass is 9.68. The molecule has 2 aliphatic carbocycles. The number of hydrogen-bond acceptors (Lipinski definition) is 2. The normalized spacial score (nSPS) is 33.9. The van der Waals surface area contributed by atoms with Crippen molar-refractivity contribution in [3.63, 3.8) is 0 Å². The van der Waals surface area contributed by atoms with Gasteiger partial charge in [-0.25, -0.2) is 0 Å². The van der Waals surface area contributed by atoms with Gasteiger partial charge in [0.15, 0.2) is 0 Å². The number of aliphatic hydroxyl groups is 2. The molecule has 0 aromatic rings. The van der Waals surface area contributed by atoms with Crippen molar-refractivity contribution in [3.05, 3.63) is 46.6 Å². The van der Waals surface area contributed by atoms with Crippen LogP contribution in [-0.4, -0.2) is 21.4 Å². The van der Waals surface area contributed by atoms with Crippen molar-refractivity contribution in [2.75, 3.05) is 0 Å². The summed E-state index contributed by atoms with van der Waals surface area (Å²) in [5.41, 5.74) is 2.92. The molecule has 0 fully saturated rings. The Bertz CT molecular complexity index is 516. The molecule has 2 atom stereocenters. The predicted molar refractivity (Wildman–Crippen MR) is 87.9 cm³/mol. The first-order valence-corrected chi connectivity index (χ1v) is 7.67. The van der Waals surface area contributed by atoms with Gasteiger partial charge in [-0.2, -0.15) is 0 Å². The highest BCUT2D eigenvalue weighted by Crippen LogP contribution is 2.45. The van der Waals surface area contributed by atoms with Crippen LogP contribution in [-0.2, 0) is 0 Å². The van der Waals surface area contributed by atoms with E-state index in [1.54, 1.807) is 0 Å². The Balaban J connectivity index is 2.40. The highest BCUT2D eigenvalue weighted by atomic mass is 16.3. The van der Waals surface area contributed by atoms with E-state index in [1.807, 2.05) is 38.2 Å². The molecule has 0 aliphatic heterocycles. The topological polar surface area (TPSA) is 40.5 Å². The molecule has 2 aliphatic rings. The zero-order valence-corrected chi connectivity index (χ0v) is 14.1. The summed E-state index contributed by atoms with van der Waals surface area (Å²) in [5, 5.41) is 20.8. The van der Waals surface area contributed by atoms with Gasteiger partial charge in [-0.15, -0.1) is 0 Å². The largest absolute Gasteiger partial charge is 0.382 e. The lowest BCUT2D eigenvalue weighted by Crippen LogP contribution is -2.31. The quantitative estimate of drug-likeness (QED) is 0.752. The Morgan fingerprint density at radius 1 is 0.810 bits per heavy atom. The minimum Gasteiger partial charge on any atom is -0.382 e. The SMILES string of the molecule is CC1=CC(C)(O)C=C(C(C)(C)C2=CC(C)(O)C=C(C)C2)C1. The molecule has 0 aromatic carbocycles. The Morgan fingerprint density at radius 3 is 1.43 bits per heavy atom. The summed E-state index contributed by atoms with van der Waals surface area (Å²) in [6, 6.07) is 0. The molecule has 0 radical (unpaired) electrons. The second-order valence-electron chi connectivity index (χ2n) is 7.75. The summed E-state index contributed by atoms with van der Waals surface area (Å²) in [7, 11) is 0. The standard InChI is InChI=1S/C19H28O2/c1-13-7-15(11-18(5,20)9-13)17(3,4)16-8-14(2)10-19(6,21)12-16/h9-12,20-21H,7-8H2,1-6H3. The van der Waals surface area contributed by atoms with Gasteiger partial charge in [0.2, 0.25) is 0 Å². The van der Waals surface area contributed by atoms with Gasteiger partial charge < -0.3 is 10.2 Å². The Labute approximate surface area is 128 Å². The molecule has 21 heavy (non-hydrogen) atoms. The molecule has 0 amide bonds. The third-order valence-corrected chi connectivity index (χ3v) is 4.55. The van der Waals surface area contributed by atoms with Crippen LogP contribution < -0.4 is 0 Å². The summed E-state index contributed by atoms with van der Waals surface area (Å²) in [6.45, 7) is 12.1. The average Bonchev–Trinajstić information content (AvgIpc) is 2.23. The highest BCUT2D eigenvalue weighted by Gasteiger charge is 2.35. The van der Waals surface area contributed by atoms with Crippen LogP contribution in [0.2, 0.25) is 0 Å². The van der Waals surface area contributed by atoms with Crippen LogP contribution in [0, 0.1) is 5.41 Å². The van der Waals surface area contributed by atoms with Crippen LogP contribution >= 0.6 is 0 Å². The van der Waals surface area contributed by atoms with E-state index in [4.69, 9.17) is 0 Å². The fourth-order valence-corrected chi connectivity index (χ4v) is 3.60. The lowest BCUT2D eigenvalue weighted by molar-refractivity contribution is 0.155. The predicted octanol–water partition coefficient (Wildman–Crippen LogP) is 4.07. The van der Waals surface area contributed by atoms with Crippen LogP contribution in [0.3, 0.4) is 0 Å². The molecule has 0 aromatic heterocycles. The maximum atomic E-state index is 10.4. The fourth-order valence-electron chi connectivity index (χ4n) is 3.60. The van der Waals surface area contributed by atoms with Crippen LogP contribution in [0.15, 0.2) is 46.6 Å². The van der Waals surface area contributed by atoms with Crippen molar-refractivity contribution in [2.45, 2.75) is 65.6 Å². The third-order valence-electron chi connectivity index (χ3n) is 4.55. The third kappa shape index (κ3) is 3.56. The van der Waals surface area contributed by atoms with Crippen molar-refractivity contribution in [3.8, 4) is 0 Å². The molecule has 2 nitrogen and oxygen atoms in total. The molecule has 2 heteroatoms. The lowest BCUT2D eigenvalue weighted by Gasteiger charge is -2.39. The molecule has 0 heterocycles. The van der Waals surface area contributed by atoms with E-state index in [2.05, 4.69) is 27.7 Å². The molecule has 0 spiro atoms. The van der Waals surface area contributed by atoms with Crippen LogP contribution in [0.4, 0.5) is 0 Å². The molecular weight excluding hydrogens is 260 g/mol. The molecular formula is C19H28O2. The van der Waals surface area contributed by atoms with E-state index in [9.17, 15) is 10.2 Å². The summed E-state index contributed by atoms with van der Waals surface area (Å²) >= 11 is 0. The second kappa shape index (κ2) is 4.96. The minimum absolute atomic E-state index is 0.168. The Morgan fingerprint density at radius 2 is 1.14 bits per heavy atom. The highest BCUT2D eigenvalue weighted by molar-refractivity contribution is 5.42. The molecule has 0 bridgehead atoms. The first kappa shape index (κ1) is 16.3. The van der Waals surface area contributed by atoms with E-state index in [0.717, 1.165) is 12.8 Å². The number of allylic oxidation sites excluding steroid dienone is 4. The van der Waals surface area contributed by atoms with Crippen molar-refractivity contribution >= 4 is 0 Å². The summed E-state index contributed by atoms with van der Waals surface area (Å²) < 4.78 is 0. The second-order valence-corrected chi connectivity index (χ2v) is 7.75. The fraction of sp³-hybridized carbons (Fsp3) is 0.579.